The molecule has 0 aromatic heterocycles. The average Bonchev–Trinajstić information content (AvgIpc) is 2.70. The maximum atomic E-state index is 12.0. The van der Waals surface area contributed by atoms with Crippen LogP contribution in [0.1, 0.15) is 0 Å². The van der Waals surface area contributed by atoms with Gasteiger partial charge in [0.05, 0.1) is 16.3 Å². The minimum absolute atomic E-state index is 0.132. The summed E-state index contributed by atoms with van der Waals surface area (Å²) in [6.45, 7) is 0. The molecule has 0 unspecified atom stereocenters. The molecule has 34 heavy (non-hydrogen) atoms. The lowest BCUT2D eigenvalue weighted by Gasteiger charge is -2.12. The van der Waals surface area contributed by atoms with Crippen LogP contribution in [-0.2, 0) is 30.4 Å². The average molecular weight is 565 g/mol. The number of hydrogen-bond donors (Lipinski definition) is 5. The Bertz CT molecular complexity index is 1600. The first-order chi connectivity index (χ1) is 15.6. The zero-order valence-electron chi connectivity index (χ0n) is 16.7. The fourth-order valence-electron chi connectivity index (χ4n) is 2.64. The van der Waals surface area contributed by atoms with Crippen molar-refractivity contribution in [3.8, 4) is 0 Å². The van der Waals surface area contributed by atoms with Gasteiger partial charge in [0.15, 0.2) is 0 Å². The van der Waals surface area contributed by atoms with E-state index in [-0.39, 0.29) is 20.4 Å². The van der Waals surface area contributed by atoms with Gasteiger partial charge in [0.1, 0.15) is 9.79 Å². The highest BCUT2D eigenvalue weighted by Gasteiger charge is 2.23. The molecule has 0 spiro atoms. The van der Waals surface area contributed by atoms with E-state index in [4.69, 9.17) is 16.0 Å². The summed E-state index contributed by atoms with van der Waals surface area (Å²) in [5, 5.41) is 0. The molecule has 11 nitrogen and oxygen atoms in total. The predicted molar refractivity (Wildman–Crippen MR) is 126 cm³/mol. The third kappa shape index (κ3) is 6.22. The van der Waals surface area contributed by atoms with Crippen LogP contribution in [0, 0.1) is 0 Å². The third-order valence-electron chi connectivity index (χ3n) is 4.20. The Morgan fingerprint density at radius 1 is 0.559 bits per heavy atom. The van der Waals surface area contributed by atoms with Crippen LogP contribution in [0.3, 0.4) is 0 Å². The molecule has 0 saturated carbocycles. The molecule has 7 N–H and O–H groups in total. The molecule has 0 radical (unpaired) electrons. The van der Waals surface area contributed by atoms with E-state index in [9.17, 15) is 34.4 Å². The minimum atomic E-state index is -4.92. The van der Waals surface area contributed by atoms with E-state index in [2.05, 4.69) is 0 Å². The third-order valence-corrected chi connectivity index (χ3v) is 9.22. The van der Waals surface area contributed by atoms with Crippen LogP contribution in [0.5, 0.6) is 0 Å². The number of nitrogen functional groups attached to an aromatic ring is 2. The van der Waals surface area contributed by atoms with E-state index < -0.39 is 45.0 Å². The Morgan fingerprint density at radius 2 is 1.03 bits per heavy atom. The lowest BCUT2D eigenvalue weighted by molar-refractivity contribution is 0.476. The van der Waals surface area contributed by atoms with E-state index in [1.807, 2.05) is 0 Å². The molecule has 182 valence electrons. The quantitative estimate of drug-likeness (QED) is 0.206. The van der Waals surface area contributed by atoms with Crippen molar-refractivity contribution in [3.05, 3.63) is 54.6 Å². The molecule has 16 heteroatoms. The molecule has 0 bridgehead atoms. The SMILES string of the molecule is Nc1ccc(Sc2ccc(Sc3ccc(S(=O)(=O)O)cc3S(=O)(=O)O)cc2S(=O)(=O)O)cc1N. The van der Waals surface area contributed by atoms with Crippen LogP contribution >= 0.6 is 23.5 Å². The number of rotatable bonds is 7. The number of nitrogens with two attached hydrogens (primary N) is 2. The molecule has 3 rings (SSSR count). The van der Waals surface area contributed by atoms with Gasteiger partial charge in [0.2, 0.25) is 0 Å². The van der Waals surface area contributed by atoms with Crippen molar-refractivity contribution in [1.29, 1.82) is 0 Å². The predicted octanol–water partition coefficient (Wildman–Crippen LogP) is 2.89. The molecule has 0 aliphatic heterocycles. The molecule has 0 amide bonds. The van der Waals surface area contributed by atoms with Crippen LogP contribution in [0.25, 0.3) is 0 Å². The second-order valence-corrected chi connectivity index (χ2v) is 13.1. The summed E-state index contributed by atoms with van der Waals surface area (Å²) in [6, 6.07) is 11.0. The van der Waals surface area contributed by atoms with Crippen molar-refractivity contribution < 1.29 is 38.9 Å². The lowest BCUT2D eigenvalue weighted by atomic mass is 10.3. The van der Waals surface area contributed by atoms with Crippen molar-refractivity contribution in [1.82, 2.24) is 0 Å². The molecule has 0 atom stereocenters. The summed E-state index contributed by atoms with van der Waals surface area (Å²) in [5.41, 5.74) is 12.0. The second-order valence-electron chi connectivity index (χ2n) is 6.64. The van der Waals surface area contributed by atoms with E-state index in [1.165, 1.54) is 24.3 Å². The van der Waals surface area contributed by atoms with Crippen molar-refractivity contribution in [3.63, 3.8) is 0 Å². The fraction of sp³-hybridized carbons (Fsp3) is 0. The Morgan fingerprint density at radius 3 is 1.53 bits per heavy atom. The normalized spacial score (nSPS) is 12.6. The molecule has 3 aromatic rings. The standard InChI is InChI=1S/C18H16N2O9S5/c19-13-4-1-10(7-14(13)20)30-15-5-2-11(8-17(15)33(24,25)26)31-16-6-3-12(32(21,22)23)9-18(16)34(27,28)29/h1-9H,19-20H2,(H,21,22,23)(H,24,25,26)(H,27,28,29). The van der Waals surface area contributed by atoms with Gasteiger partial charge >= 0.3 is 0 Å². The fourth-order valence-corrected chi connectivity index (χ4v) is 7.11. The summed E-state index contributed by atoms with van der Waals surface area (Å²) >= 11 is 1.65. The molecule has 0 aliphatic rings. The van der Waals surface area contributed by atoms with Gasteiger partial charge in [-0.2, -0.15) is 25.3 Å². The molecule has 0 fully saturated rings. The highest BCUT2D eigenvalue weighted by molar-refractivity contribution is 8.00. The summed E-state index contributed by atoms with van der Waals surface area (Å²) in [4.78, 5) is -1.43. The summed E-state index contributed by atoms with van der Waals surface area (Å²) in [5.74, 6) is 0. The van der Waals surface area contributed by atoms with Crippen molar-refractivity contribution in [2.45, 2.75) is 34.3 Å². The largest absolute Gasteiger partial charge is 0.397 e. The van der Waals surface area contributed by atoms with Crippen LogP contribution < -0.4 is 11.5 Å². The van der Waals surface area contributed by atoms with Crippen molar-refractivity contribution in [2.75, 3.05) is 11.5 Å². The number of benzene rings is 3. The molecular weight excluding hydrogens is 549 g/mol. The first kappa shape index (κ1) is 26.3. The highest BCUT2D eigenvalue weighted by atomic mass is 32.2. The first-order valence-electron chi connectivity index (χ1n) is 8.77. The Hall–Kier alpha value is -2.31. The van der Waals surface area contributed by atoms with E-state index >= 15 is 0 Å². The molecule has 0 saturated heterocycles. The maximum Gasteiger partial charge on any atom is 0.295 e. The van der Waals surface area contributed by atoms with E-state index in [0.717, 1.165) is 30.0 Å². The Labute approximate surface area is 203 Å². The van der Waals surface area contributed by atoms with Crippen LogP contribution in [-0.4, -0.2) is 38.9 Å². The number of anilines is 2. The second kappa shape index (κ2) is 9.38. The topological polar surface area (TPSA) is 215 Å². The molecular formula is C18H16N2O9S5. The van der Waals surface area contributed by atoms with E-state index in [0.29, 0.717) is 28.4 Å². The number of hydrogen-bond acceptors (Lipinski definition) is 10. The van der Waals surface area contributed by atoms with Gasteiger partial charge in [0.25, 0.3) is 30.4 Å². The zero-order chi connectivity index (χ0) is 25.5. The van der Waals surface area contributed by atoms with Gasteiger partial charge in [-0.15, -0.1) is 0 Å². The zero-order valence-corrected chi connectivity index (χ0v) is 20.8. The Kier molecular flexibility index (Phi) is 7.26. The van der Waals surface area contributed by atoms with Gasteiger partial charge in [-0.25, -0.2) is 0 Å². The van der Waals surface area contributed by atoms with E-state index in [1.54, 1.807) is 6.07 Å². The summed E-state index contributed by atoms with van der Waals surface area (Å²) in [6.07, 6.45) is 0. The van der Waals surface area contributed by atoms with Gasteiger partial charge in [-0.3, -0.25) is 13.7 Å². The monoisotopic (exact) mass is 564 g/mol. The van der Waals surface area contributed by atoms with Crippen molar-refractivity contribution in [2.24, 2.45) is 0 Å². The Balaban J connectivity index is 2.06. The van der Waals surface area contributed by atoms with Gasteiger partial charge in [-0.05, 0) is 54.6 Å². The van der Waals surface area contributed by atoms with Crippen LogP contribution in [0.4, 0.5) is 11.4 Å². The minimum Gasteiger partial charge on any atom is -0.397 e. The smallest absolute Gasteiger partial charge is 0.295 e. The summed E-state index contributed by atoms with van der Waals surface area (Å²) < 4.78 is 98.6. The molecule has 3 aromatic carbocycles. The van der Waals surface area contributed by atoms with Crippen molar-refractivity contribution >= 4 is 65.3 Å². The van der Waals surface area contributed by atoms with Gasteiger partial charge in [0, 0.05) is 19.6 Å². The molecule has 0 aliphatic carbocycles. The molecule has 0 heterocycles. The van der Waals surface area contributed by atoms with Gasteiger partial charge in [-0.1, -0.05) is 23.5 Å². The lowest BCUT2D eigenvalue weighted by Crippen LogP contribution is -2.05. The summed E-state index contributed by atoms with van der Waals surface area (Å²) in [7, 11) is -14.4. The maximum absolute atomic E-state index is 12.0. The van der Waals surface area contributed by atoms with Crippen LogP contribution in [0.2, 0.25) is 0 Å². The highest BCUT2D eigenvalue weighted by Crippen LogP contribution is 2.40. The first-order valence-corrected chi connectivity index (χ1v) is 14.7. The van der Waals surface area contributed by atoms with Crippen LogP contribution in [0.15, 0.2) is 88.9 Å². The van der Waals surface area contributed by atoms with Gasteiger partial charge < -0.3 is 11.5 Å².